The van der Waals surface area contributed by atoms with Crippen molar-refractivity contribution in [3.05, 3.63) is 36.0 Å². The number of pyridine rings is 1. The molecule has 0 radical (unpaired) electrons. The zero-order valence-corrected chi connectivity index (χ0v) is 14.2. The molecule has 3 heterocycles. The molecule has 0 N–H and O–H groups in total. The van der Waals surface area contributed by atoms with Crippen LogP contribution in [0.2, 0.25) is 0 Å². The molecular weight excluding hydrogens is 330 g/mol. The minimum Gasteiger partial charge on any atom is -0.367 e. The molecule has 24 heavy (non-hydrogen) atoms. The molecule has 4 rings (SSSR count). The number of fused-ring (bicyclic) bond motifs is 1. The number of hydrogen-bond donors (Lipinski definition) is 0. The third-order valence-corrected chi connectivity index (χ3v) is 5.57. The number of hydrogen-bond acceptors (Lipinski definition) is 5. The second kappa shape index (κ2) is 6.20. The number of aliphatic imine (C=N–C) groups is 1. The van der Waals surface area contributed by atoms with E-state index in [9.17, 15) is 8.78 Å². The van der Waals surface area contributed by atoms with Crippen molar-refractivity contribution < 1.29 is 8.78 Å². The van der Waals surface area contributed by atoms with Gasteiger partial charge in [0.1, 0.15) is 11.3 Å². The number of rotatable bonds is 1. The summed E-state index contributed by atoms with van der Waals surface area (Å²) in [5, 5.41) is 2.21. The van der Waals surface area contributed by atoms with E-state index in [1.807, 2.05) is 17.8 Å². The van der Waals surface area contributed by atoms with Gasteiger partial charge in [0.05, 0.1) is 6.54 Å². The second-order valence-corrected chi connectivity index (χ2v) is 7.55. The van der Waals surface area contributed by atoms with Gasteiger partial charge in [0.2, 0.25) is 0 Å². The third kappa shape index (κ3) is 2.81. The maximum atomic E-state index is 13.9. The zero-order valence-electron chi connectivity index (χ0n) is 13.4. The fourth-order valence-electron chi connectivity index (χ4n) is 3.21. The van der Waals surface area contributed by atoms with Crippen molar-refractivity contribution in [3.63, 3.8) is 0 Å². The summed E-state index contributed by atoms with van der Waals surface area (Å²) in [5.74, 6) is -1.19. The Morgan fingerprint density at radius 3 is 2.58 bits per heavy atom. The van der Waals surface area contributed by atoms with E-state index < -0.39 is 11.6 Å². The summed E-state index contributed by atoms with van der Waals surface area (Å²) in [7, 11) is 0. The van der Waals surface area contributed by atoms with E-state index in [2.05, 4.69) is 26.7 Å². The second-order valence-electron chi connectivity index (χ2n) is 6.14. The molecule has 2 aliphatic rings. The summed E-state index contributed by atoms with van der Waals surface area (Å²) < 4.78 is 27.6. The molecule has 0 amide bonds. The van der Waals surface area contributed by atoms with E-state index in [0.717, 1.165) is 49.6 Å². The van der Waals surface area contributed by atoms with E-state index in [-0.39, 0.29) is 5.52 Å². The lowest BCUT2D eigenvalue weighted by Crippen LogP contribution is -2.48. The van der Waals surface area contributed by atoms with Gasteiger partial charge in [0.15, 0.2) is 11.0 Å². The number of halogens is 2. The van der Waals surface area contributed by atoms with E-state index in [0.29, 0.717) is 10.6 Å². The molecule has 2 aromatic rings. The Morgan fingerprint density at radius 2 is 1.88 bits per heavy atom. The van der Waals surface area contributed by atoms with E-state index in [1.54, 1.807) is 6.20 Å². The van der Waals surface area contributed by atoms with Crippen molar-refractivity contribution in [3.8, 4) is 0 Å². The van der Waals surface area contributed by atoms with Crippen LogP contribution in [0.4, 0.5) is 14.5 Å². The van der Waals surface area contributed by atoms with Crippen molar-refractivity contribution in [2.45, 2.75) is 12.2 Å². The summed E-state index contributed by atoms with van der Waals surface area (Å²) in [4.78, 5) is 13.1. The van der Waals surface area contributed by atoms with Gasteiger partial charge in [-0.25, -0.2) is 8.78 Å². The van der Waals surface area contributed by atoms with Crippen molar-refractivity contribution >= 4 is 33.5 Å². The molecule has 1 unspecified atom stereocenters. The van der Waals surface area contributed by atoms with Crippen LogP contribution in [-0.2, 0) is 0 Å². The minimum atomic E-state index is -0.615. The third-order valence-electron chi connectivity index (χ3n) is 4.42. The number of amidine groups is 1. The van der Waals surface area contributed by atoms with E-state index >= 15 is 0 Å². The number of nitrogens with zero attached hydrogens (tertiary/aromatic N) is 4. The number of anilines is 1. The van der Waals surface area contributed by atoms with Gasteiger partial charge in [-0.3, -0.25) is 9.98 Å². The molecule has 1 saturated heterocycles. The molecule has 0 saturated carbocycles. The van der Waals surface area contributed by atoms with E-state index in [1.165, 1.54) is 6.07 Å². The van der Waals surface area contributed by atoms with Gasteiger partial charge >= 0.3 is 0 Å². The molecule has 0 aliphatic carbocycles. The van der Waals surface area contributed by atoms with Gasteiger partial charge in [-0.15, -0.1) is 0 Å². The highest BCUT2D eigenvalue weighted by molar-refractivity contribution is 8.14. The first-order chi connectivity index (χ1) is 11.6. The highest BCUT2D eigenvalue weighted by atomic mass is 32.2. The molecule has 0 bridgehead atoms. The highest BCUT2D eigenvalue weighted by Gasteiger charge is 2.25. The van der Waals surface area contributed by atoms with Gasteiger partial charge in [0.25, 0.3) is 0 Å². The topological polar surface area (TPSA) is 31.7 Å². The lowest BCUT2D eigenvalue weighted by molar-refractivity contribution is 0.392. The molecule has 2 aliphatic heterocycles. The molecule has 1 fully saturated rings. The Bertz CT molecular complexity index is 803. The summed E-state index contributed by atoms with van der Waals surface area (Å²) in [6.07, 6.45) is 1.59. The quantitative estimate of drug-likeness (QED) is 0.792. The van der Waals surface area contributed by atoms with Crippen molar-refractivity contribution in [2.24, 2.45) is 4.99 Å². The Hall–Kier alpha value is -1.89. The van der Waals surface area contributed by atoms with Crippen LogP contribution >= 0.6 is 11.8 Å². The first kappa shape index (κ1) is 15.6. The first-order valence-corrected chi connectivity index (χ1v) is 8.94. The maximum absolute atomic E-state index is 13.9. The molecule has 1 aromatic heterocycles. The van der Waals surface area contributed by atoms with Gasteiger partial charge in [-0.2, -0.15) is 0 Å². The Kier molecular flexibility index (Phi) is 4.04. The van der Waals surface area contributed by atoms with Crippen LogP contribution < -0.4 is 4.90 Å². The predicted octanol–water partition coefficient (Wildman–Crippen LogP) is 3.13. The van der Waals surface area contributed by atoms with Gasteiger partial charge in [-0.1, -0.05) is 18.7 Å². The molecule has 126 valence electrons. The standard InChI is InChI=1S/C17H18F2N4S/c1-11-10-21-17(24-11)23-6-4-22(5-7-23)15-2-3-20-16-13(15)8-12(18)9-14(16)19/h2-3,8-9,11H,4-7,10H2,1H3. The SMILES string of the molecule is CC1CN=C(N2CCN(c3ccnc4c(F)cc(F)cc34)CC2)S1. The minimum absolute atomic E-state index is 0.223. The van der Waals surface area contributed by atoms with Crippen LogP contribution in [-0.4, -0.2) is 53.0 Å². The maximum Gasteiger partial charge on any atom is 0.159 e. The largest absolute Gasteiger partial charge is 0.367 e. The Labute approximate surface area is 143 Å². The van der Waals surface area contributed by atoms with E-state index in [4.69, 9.17) is 0 Å². The van der Waals surface area contributed by atoms with Crippen molar-refractivity contribution in [1.29, 1.82) is 0 Å². The number of thioether (sulfide) groups is 1. The normalized spacial score (nSPS) is 21.5. The molecule has 1 atom stereocenters. The smallest absolute Gasteiger partial charge is 0.159 e. The lowest BCUT2D eigenvalue weighted by Gasteiger charge is -2.37. The van der Waals surface area contributed by atoms with Crippen LogP contribution in [0.3, 0.4) is 0 Å². The number of benzene rings is 1. The lowest BCUT2D eigenvalue weighted by atomic mass is 10.1. The molecule has 0 spiro atoms. The molecule has 1 aromatic carbocycles. The van der Waals surface area contributed by atoms with Gasteiger partial charge in [0, 0.05) is 54.8 Å². The predicted molar refractivity (Wildman–Crippen MR) is 94.8 cm³/mol. The number of piperazine rings is 1. The summed E-state index contributed by atoms with van der Waals surface area (Å²) >= 11 is 1.82. The van der Waals surface area contributed by atoms with Crippen LogP contribution in [0, 0.1) is 11.6 Å². The Balaban J connectivity index is 1.57. The zero-order chi connectivity index (χ0) is 16.7. The van der Waals surface area contributed by atoms with Crippen molar-refractivity contribution in [1.82, 2.24) is 9.88 Å². The first-order valence-electron chi connectivity index (χ1n) is 8.06. The number of aromatic nitrogens is 1. The van der Waals surface area contributed by atoms with Crippen molar-refractivity contribution in [2.75, 3.05) is 37.6 Å². The summed E-state index contributed by atoms with van der Waals surface area (Å²) in [5.41, 5.74) is 1.06. The van der Waals surface area contributed by atoms with Crippen LogP contribution in [0.25, 0.3) is 10.9 Å². The fraction of sp³-hybridized carbons (Fsp3) is 0.412. The molecule has 7 heteroatoms. The van der Waals surface area contributed by atoms with Gasteiger partial charge < -0.3 is 9.80 Å². The monoisotopic (exact) mass is 348 g/mol. The average Bonchev–Trinajstić information content (AvgIpc) is 3.01. The molecule has 4 nitrogen and oxygen atoms in total. The van der Waals surface area contributed by atoms with Gasteiger partial charge in [-0.05, 0) is 12.1 Å². The molecular formula is C17H18F2N4S. The van der Waals surface area contributed by atoms with Crippen LogP contribution in [0.15, 0.2) is 29.4 Å². The summed E-state index contributed by atoms with van der Waals surface area (Å²) in [6.45, 7) is 6.38. The summed E-state index contributed by atoms with van der Waals surface area (Å²) in [6, 6.07) is 4.08. The van der Waals surface area contributed by atoms with Crippen LogP contribution in [0.5, 0.6) is 0 Å². The average molecular weight is 348 g/mol. The van der Waals surface area contributed by atoms with Crippen LogP contribution in [0.1, 0.15) is 6.92 Å². The fourth-order valence-corrected chi connectivity index (χ4v) is 4.20. The highest BCUT2D eigenvalue weighted by Crippen LogP contribution is 2.30. The Morgan fingerprint density at radius 1 is 1.12 bits per heavy atom.